The summed E-state index contributed by atoms with van der Waals surface area (Å²) in [5, 5.41) is 4.44. The van der Waals surface area contributed by atoms with E-state index in [-0.39, 0.29) is 19.9 Å². The van der Waals surface area contributed by atoms with Crippen molar-refractivity contribution < 1.29 is 19.1 Å². The van der Waals surface area contributed by atoms with Crippen molar-refractivity contribution in [2.45, 2.75) is 0 Å². The van der Waals surface area contributed by atoms with Gasteiger partial charge in [-0.1, -0.05) is 0 Å². The second-order valence-electron chi connectivity index (χ2n) is 2.06. The van der Waals surface area contributed by atoms with Crippen molar-refractivity contribution in [1.29, 1.82) is 0 Å². The molecule has 74 valence electrons. The third-order valence-electron chi connectivity index (χ3n) is 0.962. The largest absolute Gasteiger partial charge is 0.368 e. The van der Waals surface area contributed by atoms with Crippen molar-refractivity contribution in [3.8, 4) is 0 Å². The molecule has 0 rings (SSSR count). The van der Waals surface area contributed by atoms with E-state index < -0.39 is 11.8 Å². The number of nitrogens with one attached hydrogen (secondary N) is 2. The van der Waals surface area contributed by atoms with Crippen LogP contribution in [-0.4, -0.2) is 38.1 Å². The number of hydrogen-bond donors (Lipinski definition) is 3. The highest BCUT2D eigenvalue weighted by Gasteiger charge is 1.98. The second-order valence-corrected chi connectivity index (χ2v) is 2.06. The van der Waals surface area contributed by atoms with Gasteiger partial charge >= 0.3 is 0 Å². The van der Waals surface area contributed by atoms with E-state index in [2.05, 4.69) is 15.4 Å². The van der Waals surface area contributed by atoms with Gasteiger partial charge in [0.05, 0.1) is 6.54 Å². The standard InChI is InChI=1S/C6H11N3O4/c7-5(11)2-13-4-9-6(12)1-8-3-10/h3H,1-2,4H2,(H2,7,11)(H,8,10)(H,9,12). The fraction of sp³-hybridized carbons (Fsp3) is 0.500. The lowest BCUT2D eigenvalue weighted by molar-refractivity contribution is -0.127. The number of carbonyl (C=O) groups excluding carboxylic acids is 3. The number of hydrogen-bond acceptors (Lipinski definition) is 4. The van der Waals surface area contributed by atoms with Gasteiger partial charge in [-0.25, -0.2) is 0 Å². The van der Waals surface area contributed by atoms with E-state index in [9.17, 15) is 14.4 Å². The Labute approximate surface area is 74.6 Å². The molecule has 0 aromatic heterocycles. The van der Waals surface area contributed by atoms with Crippen LogP contribution in [0.3, 0.4) is 0 Å². The maximum atomic E-state index is 10.7. The van der Waals surface area contributed by atoms with E-state index in [1.165, 1.54) is 0 Å². The lowest BCUT2D eigenvalue weighted by Gasteiger charge is -2.03. The van der Waals surface area contributed by atoms with Crippen molar-refractivity contribution in [3.63, 3.8) is 0 Å². The molecule has 7 heteroatoms. The van der Waals surface area contributed by atoms with Crippen LogP contribution in [0, 0.1) is 0 Å². The molecule has 0 aliphatic carbocycles. The SMILES string of the molecule is NC(=O)COCNC(=O)CNC=O. The van der Waals surface area contributed by atoms with Gasteiger partial charge in [-0.2, -0.15) is 0 Å². The smallest absolute Gasteiger partial charge is 0.243 e. The molecular formula is C6H11N3O4. The van der Waals surface area contributed by atoms with E-state index in [1.807, 2.05) is 0 Å². The van der Waals surface area contributed by atoms with Crippen molar-refractivity contribution in [1.82, 2.24) is 10.6 Å². The van der Waals surface area contributed by atoms with Crippen LogP contribution in [0.25, 0.3) is 0 Å². The second kappa shape index (κ2) is 7.04. The third kappa shape index (κ3) is 8.27. The Bertz CT molecular complexity index is 194. The third-order valence-corrected chi connectivity index (χ3v) is 0.962. The molecule has 0 saturated carbocycles. The molecule has 0 saturated heterocycles. The maximum absolute atomic E-state index is 10.7. The van der Waals surface area contributed by atoms with Crippen LogP contribution in [0.1, 0.15) is 0 Å². The quantitative estimate of drug-likeness (QED) is 0.230. The summed E-state index contributed by atoms with van der Waals surface area (Å²) < 4.78 is 4.62. The monoisotopic (exact) mass is 189 g/mol. The van der Waals surface area contributed by atoms with Crippen molar-refractivity contribution in [2.24, 2.45) is 5.73 Å². The first-order valence-corrected chi connectivity index (χ1v) is 3.46. The normalized spacial score (nSPS) is 8.92. The number of primary amides is 1. The van der Waals surface area contributed by atoms with Gasteiger partial charge in [0.2, 0.25) is 18.2 Å². The first-order valence-electron chi connectivity index (χ1n) is 3.46. The topological polar surface area (TPSA) is 111 Å². The molecule has 4 N–H and O–H groups in total. The average Bonchev–Trinajstić information content (AvgIpc) is 2.08. The Balaban J connectivity index is 3.26. The zero-order valence-corrected chi connectivity index (χ0v) is 6.91. The minimum atomic E-state index is -0.611. The van der Waals surface area contributed by atoms with Crippen LogP contribution >= 0.6 is 0 Å². The van der Waals surface area contributed by atoms with E-state index in [4.69, 9.17) is 5.73 Å². The van der Waals surface area contributed by atoms with Crippen LogP contribution in [0.2, 0.25) is 0 Å². The van der Waals surface area contributed by atoms with Crippen molar-refractivity contribution in [3.05, 3.63) is 0 Å². The first-order chi connectivity index (χ1) is 6.16. The summed E-state index contributed by atoms with van der Waals surface area (Å²) >= 11 is 0. The Morgan fingerprint density at radius 2 is 2.15 bits per heavy atom. The van der Waals surface area contributed by atoms with Gasteiger partial charge < -0.3 is 21.1 Å². The fourth-order valence-electron chi connectivity index (χ4n) is 0.480. The molecule has 0 fully saturated rings. The number of ether oxygens (including phenoxy) is 1. The van der Waals surface area contributed by atoms with Crippen LogP contribution < -0.4 is 16.4 Å². The highest BCUT2D eigenvalue weighted by molar-refractivity contribution is 5.79. The molecule has 0 atom stereocenters. The van der Waals surface area contributed by atoms with Crippen LogP contribution in [-0.2, 0) is 19.1 Å². The lowest BCUT2D eigenvalue weighted by Crippen LogP contribution is -2.35. The minimum absolute atomic E-state index is 0.109. The molecular weight excluding hydrogens is 178 g/mol. The van der Waals surface area contributed by atoms with Gasteiger partial charge in [0, 0.05) is 0 Å². The van der Waals surface area contributed by atoms with Gasteiger partial charge in [-0.05, 0) is 0 Å². The molecule has 0 aliphatic rings. The molecule has 0 aliphatic heterocycles. The summed E-state index contributed by atoms with van der Waals surface area (Å²) in [6, 6.07) is 0. The fourth-order valence-corrected chi connectivity index (χ4v) is 0.480. The Hall–Kier alpha value is -1.63. The Morgan fingerprint density at radius 1 is 1.46 bits per heavy atom. The average molecular weight is 189 g/mol. The zero-order chi connectivity index (χ0) is 10.1. The molecule has 0 aromatic carbocycles. The summed E-state index contributed by atoms with van der Waals surface area (Å²) in [7, 11) is 0. The highest BCUT2D eigenvalue weighted by Crippen LogP contribution is 1.69. The van der Waals surface area contributed by atoms with E-state index >= 15 is 0 Å². The van der Waals surface area contributed by atoms with Crippen molar-refractivity contribution in [2.75, 3.05) is 19.9 Å². The molecule has 0 spiro atoms. The molecule has 0 aromatic rings. The molecule has 3 amide bonds. The summed E-state index contributed by atoms with van der Waals surface area (Å²) in [6.45, 7) is -0.479. The predicted molar refractivity (Wildman–Crippen MR) is 42.2 cm³/mol. The van der Waals surface area contributed by atoms with Gasteiger partial charge in [-0.3, -0.25) is 14.4 Å². The summed E-state index contributed by atoms with van der Waals surface area (Å²) in [4.78, 5) is 30.6. The summed E-state index contributed by atoms with van der Waals surface area (Å²) in [6.07, 6.45) is 0.407. The Kier molecular flexibility index (Phi) is 6.16. The molecule has 0 radical (unpaired) electrons. The van der Waals surface area contributed by atoms with Crippen LogP contribution in [0.15, 0.2) is 0 Å². The molecule has 0 unspecified atom stereocenters. The first kappa shape index (κ1) is 11.4. The molecule has 0 bridgehead atoms. The number of nitrogens with two attached hydrogens (primary N) is 1. The maximum Gasteiger partial charge on any atom is 0.243 e. The van der Waals surface area contributed by atoms with E-state index in [1.54, 1.807) is 0 Å². The molecule has 7 nitrogen and oxygen atoms in total. The summed E-state index contributed by atoms with van der Waals surface area (Å²) in [5.41, 5.74) is 4.75. The Morgan fingerprint density at radius 3 is 2.69 bits per heavy atom. The minimum Gasteiger partial charge on any atom is -0.368 e. The van der Waals surface area contributed by atoms with Gasteiger partial charge in [0.15, 0.2) is 0 Å². The predicted octanol–water partition coefficient (Wildman–Crippen LogP) is -2.69. The van der Waals surface area contributed by atoms with Crippen LogP contribution in [0.4, 0.5) is 0 Å². The number of amides is 3. The lowest BCUT2D eigenvalue weighted by atomic mass is 10.6. The van der Waals surface area contributed by atoms with Gasteiger partial charge in [0.25, 0.3) is 0 Å². The van der Waals surface area contributed by atoms with E-state index in [0.29, 0.717) is 6.41 Å². The van der Waals surface area contributed by atoms with Gasteiger partial charge in [0.1, 0.15) is 13.3 Å². The van der Waals surface area contributed by atoms with E-state index in [0.717, 1.165) is 0 Å². The van der Waals surface area contributed by atoms with Crippen LogP contribution in [0.5, 0.6) is 0 Å². The van der Waals surface area contributed by atoms with Gasteiger partial charge in [-0.15, -0.1) is 0 Å². The van der Waals surface area contributed by atoms with Crippen molar-refractivity contribution >= 4 is 18.2 Å². The molecule has 13 heavy (non-hydrogen) atoms. The number of rotatable bonds is 7. The summed E-state index contributed by atoms with van der Waals surface area (Å²) in [5.74, 6) is -1.02. The number of carbonyl (C=O) groups is 3. The highest BCUT2D eigenvalue weighted by atomic mass is 16.5. The molecule has 0 heterocycles. The zero-order valence-electron chi connectivity index (χ0n) is 6.91.